The molecule has 1 aromatic heterocycles. The van der Waals surface area contributed by atoms with Crippen molar-refractivity contribution in [3.8, 4) is 11.3 Å². The summed E-state index contributed by atoms with van der Waals surface area (Å²) in [7, 11) is 0. The van der Waals surface area contributed by atoms with Gasteiger partial charge in [-0.3, -0.25) is 0 Å². The van der Waals surface area contributed by atoms with Crippen LogP contribution in [0.5, 0.6) is 0 Å². The van der Waals surface area contributed by atoms with Gasteiger partial charge in [-0.2, -0.15) is 0 Å². The van der Waals surface area contributed by atoms with E-state index in [1.165, 1.54) is 10.8 Å². The fourth-order valence-corrected chi connectivity index (χ4v) is 2.90. The van der Waals surface area contributed by atoms with Gasteiger partial charge in [-0.1, -0.05) is 67.2 Å². The highest BCUT2D eigenvalue weighted by Gasteiger charge is 2.12. The van der Waals surface area contributed by atoms with Gasteiger partial charge in [0.25, 0.3) is 0 Å². The Morgan fingerprint density at radius 2 is 1.48 bits per heavy atom. The molecule has 0 aliphatic heterocycles. The van der Waals surface area contributed by atoms with Gasteiger partial charge in [-0.25, -0.2) is 9.97 Å². The molecule has 2 nitrogen and oxygen atoms in total. The first-order valence-corrected chi connectivity index (χ1v) is 7.65. The fourth-order valence-electron chi connectivity index (χ4n) is 2.90. The number of benzene rings is 3. The average Bonchev–Trinajstić information content (AvgIpc) is 2.60. The van der Waals surface area contributed by atoms with Crippen molar-refractivity contribution in [1.29, 1.82) is 0 Å². The maximum atomic E-state index is 4.81. The lowest BCUT2D eigenvalue weighted by molar-refractivity contribution is 1.17. The molecule has 23 heavy (non-hydrogen) atoms. The molecule has 2 heteroatoms. The van der Waals surface area contributed by atoms with Gasteiger partial charge in [-0.15, -0.1) is 0 Å². The third-order valence-electron chi connectivity index (χ3n) is 4.03. The van der Waals surface area contributed by atoms with E-state index in [0.717, 1.165) is 27.7 Å². The summed E-state index contributed by atoms with van der Waals surface area (Å²) < 4.78 is 0. The van der Waals surface area contributed by atoms with Crippen LogP contribution in [0, 0.1) is 0 Å². The maximum absolute atomic E-state index is 4.81. The zero-order chi connectivity index (χ0) is 15.8. The first-order valence-electron chi connectivity index (χ1n) is 7.65. The monoisotopic (exact) mass is 296 g/mol. The van der Waals surface area contributed by atoms with Crippen molar-refractivity contribution in [3.05, 3.63) is 79.1 Å². The molecule has 0 atom stereocenters. The maximum Gasteiger partial charge on any atom is 0.155 e. The summed E-state index contributed by atoms with van der Waals surface area (Å²) in [5.74, 6) is 0.701. The van der Waals surface area contributed by atoms with Crippen LogP contribution >= 0.6 is 0 Å². The van der Waals surface area contributed by atoms with Gasteiger partial charge in [0.2, 0.25) is 0 Å². The van der Waals surface area contributed by atoms with E-state index in [4.69, 9.17) is 4.98 Å². The van der Waals surface area contributed by atoms with E-state index in [9.17, 15) is 0 Å². The lowest BCUT2D eigenvalue weighted by atomic mass is 9.99. The Balaban J connectivity index is 2.13. The van der Waals surface area contributed by atoms with E-state index in [-0.39, 0.29) is 0 Å². The van der Waals surface area contributed by atoms with Crippen LogP contribution in [0.2, 0.25) is 0 Å². The van der Waals surface area contributed by atoms with Crippen LogP contribution in [-0.2, 0) is 0 Å². The minimum absolute atomic E-state index is 0.701. The molecule has 0 radical (unpaired) electrons. The van der Waals surface area contributed by atoms with Gasteiger partial charge in [0, 0.05) is 10.9 Å². The van der Waals surface area contributed by atoms with Crippen molar-refractivity contribution in [1.82, 2.24) is 9.97 Å². The van der Waals surface area contributed by atoms with Crippen molar-refractivity contribution in [2.75, 3.05) is 0 Å². The SMILES string of the molecule is C=C(C)c1nc(-c2cccc3ccccc23)c2ccccc2n1. The second-order valence-electron chi connectivity index (χ2n) is 5.72. The summed E-state index contributed by atoms with van der Waals surface area (Å²) in [4.78, 5) is 9.44. The smallest absolute Gasteiger partial charge is 0.155 e. The Labute approximate surface area is 135 Å². The van der Waals surface area contributed by atoms with Crippen LogP contribution in [0.4, 0.5) is 0 Å². The van der Waals surface area contributed by atoms with E-state index in [0.29, 0.717) is 5.82 Å². The van der Waals surface area contributed by atoms with Crippen LogP contribution in [0.3, 0.4) is 0 Å². The van der Waals surface area contributed by atoms with Crippen LogP contribution in [0.1, 0.15) is 12.7 Å². The normalized spacial score (nSPS) is 11.0. The standard InChI is InChI=1S/C21H16N2/c1-14(2)21-22-19-13-6-5-11-18(19)20(23-21)17-12-7-9-15-8-3-4-10-16(15)17/h3-13H,1H2,2H3. The molecule has 110 valence electrons. The van der Waals surface area contributed by atoms with Crippen molar-refractivity contribution in [2.45, 2.75) is 6.92 Å². The highest BCUT2D eigenvalue weighted by molar-refractivity contribution is 6.03. The molecule has 0 amide bonds. The summed E-state index contributed by atoms with van der Waals surface area (Å²) in [6.45, 7) is 5.95. The molecule has 3 aromatic carbocycles. The highest BCUT2D eigenvalue weighted by Crippen LogP contribution is 2.32. The number of hydrogen-bond acceptors (Lipinski definition) is 2. The topological polar surface area (TPSA) is 25.8 Å². The third-order valence-corrected chi connectivity index (χ3v) is 4.03. The Hall–Kier alpha value is -3.00. The number of fused-ring (bicyclic) bond motifs is 2. The average molecular weight is 296 g/mol. The number of allylic oxidation sites excluding steroid dienone is 1. The van der Waals surface area contributed by atoms with Crippen LogP contribution in [-0.4, -0.2) is 9.97 Å². The Bertz CT molecular complexity index is 1040. The molecular weight excluding hydrogens is 280 g/mol. The van der Waals surface area contributed by atoms with Crippen molar-refractivity contribution in [3.63, 3.8) is 0 Å². The molecule has 0 spiro atoms. The van der Waals surface area contributed by atoms with Gasteiger partial charge in [-0.05, 0) is 29.3 Å². The van der Waals surface area contributed by atoms with Gasteiger partial charge < -0.3 is 0 Å². The largest absolute Gasteiger partial charge is 0.228 e. The summed E-state index contributed by atoms with van der Waals surface area (Å²) in [5.41, 5.74) is 3.91. The second-order valence-corrected chi connectivity index (χ2v) is 5.72. The molecule has 0 bridgehead atoms. The highest BCUT2D eigenvalue weighted by atomic mass is 14.9. The molecule has 0 saturated carbocycles. The predicted molar refractivity (Wildman–Crippen MR) is 97.2 cm³/mol. The quantitative estimate of drug-likeness (QED) is 0.489. The van der Waals surface area contributed by atoms with E-state index >= 15 is 0 Å². The molecule has 0 aliphatic carbocycles. The van der Waals surface area contributed by atoms with E-state index < -0.39 is 0 Å². The molecule has 0 saturated heterocycles. The molecule has 0 aliphatic rings. The van der Waals surface area contributed by atoms with Crippen molar-refractivity contribution < 1.29 is 0 Å². The number of rotatable bonds is 2. The van der Waals surface area contributed by atoms with Crippen molar-refractivity contribution in [2.24, 2.45) is 0 Å². The van der Waals surface area contributed by atoms with E-state index in [2.05, 4.69) is 60.1 Å². The van der Waals surface area contributed by atoms with Gasteiger partial charge in [0.1, 0.15) is 0 Å². The van der Waals surface area contributed by atoms with Crippen molar-refractivity contribution >= 4 is 27.2 Å². The van der Waals surface area contributed by atoms with E-state index in [1.807, 2.05) is 25.1 Å². The van der Waals surface area contributed by atoms with Gasteiger partial charge in [0.05, 0.1) is 11.2 Å². The Morgan fingerprint density at radius 1 is 0.783 bits per heavy atom. The molecule has 4 rings (SSSR count). The van der Waals surface area contributed by atoms with Gasteiger partial charge >= 0.3 is 0 Å². The zero-order valence-corrected chi connectivity index (χ0v) is 13.0. The van der Waals surface area contributed by atoms with Crippen LogP contribution < -0.4 is 0 Å². The number of hydrogen-bond donors (Lipinski definition) is 0. The number of nitrogens with zero attached hydrogens (tertiary/aromatic N) is 2. The lowest BCUT2D eigenvalue weighted by Gasteiger charge is -2.11. The summed E-state index contributed by atoms with van der Waals surface area (Å²) in [6, 6.07) is 22.9. The molecular formula is C21H16N2. The summed E-state index contributed by atoms with van der Waals surface area (Å²) in [6.07, 6.45) is 0. The minimum Gasteiger partial charge on any atom is -0.228 e. The fraction of sp³-hybridized carbons (Fsp3) is 0.0476. The summed E-state index contributed by atoms with van der Waals surface area (Å²) in [5, 5.41) is 3.48. The zero-order valence-electron chi connectivity index (χ0n) is 13.0. The molecule has 0 fully saturated rings. The Morgan fingerprint density at radius 3 is 2.30 bits per heavy atom. The van der Waals surface area contributed by atoms with E-state index in [1.54, 1.807) is 0 Å². The van der Waals surface area contributed by atoms with Crippen LogP contribution in [0.15, 0.2) is 73.3 Å². The minimum atomic E-state index is 0.701. The summed E-state index contributed by atoms with van der Waals surface area (Å²) >= 11 is 0. The van der Waals surface area contributed by atoms with Gasteiger partial charge in [0.15, 0.2) is 5.82 Å². The first-order chi connectivity index (χ1) is 11.2. The molecule has 1 heterocycles. The second kappa shape index (κ2) is 5.33. The number of aromatic nitrogens is 2. The molecule has 0 unspecified atom stereocenters. The predicted octanol–water partition coefficient (Wildman–Crippen LogP) is 5.48. The molecule has 0 N–H and O–H groups in total. The number of para-hydroxylation sites is 1. The third kappa shape index (κ3) is 2.29. The van der Waals surface area contributed by atoms with Crippen LogP contribution in [0.25, 0.3) is 38.5 Å². The lowest BCUT2D eigenvalue weighted by Crippen LogP contribution is -1.97. The molecule has 4 aromatic rings. The Kier molecular flexibility index (Phi) is 3.16. The first kappa shape index (κ1) is 13.6.